The first kappa shape index (κ1) is 14.0. The van der Waals surface area contributed by atoms with Gasteiger partial charge in [0.15, 0.2) is 0 Å². The van der Waals surface area contributed by atoms with Crippen LogP contribution in [0.5, 0.6) is 0 Å². The van der Waals surface area contributed by atoms with Gasteiger partial charge in [-0.25, -0.2) is 0 Å². The van der Waals surface area contributed by atoms with Crippen LogP contribution in [0.25, 0.3) is 0 Å². The number of nitrogens with one attached hydrogen (secondary N) is 2. The smallest absolute Gasteiger partial charge is 0.242 e. The molecule has 0 bridgehead atoms. The summed E-state index contributed by atoms with van der Waals surface area (Å²) in [7, 11) is 0. The average Bonchev–Trinajstić information content (AvgIpc) is 2.12. The van der Waals surface area contributed by atoms with E-state index in [-0.39, 0.29) is 23.2 Å². The molecule has 1 atom stereocenters. The normalized spacial score (nSPS) is 12.9. The van der Waals surface area contributed by atoms with E-state index in [2.05, 4.69) is 20.6 Å². The maximum atomic E-state index is 11.9. The van der Waals surface area contributed by atoms with E-state index in [0.717, 1.165) is 0 Å². The Morgan fingerprint density at radius 3 is 2.44 bits per heavy atom. The average molecular weight is 252 g/mol. The molecular formula is C11H20N6O. The summed E-state index contributed by atoms with van der Waals surface area (Å²) < 4.78 is 0. The highest BCUT2D eigenvalue weighted by Gasteiger charge is 2.19. The second-order valence-corrected chi connectivity index (χ2v) is 5.14. The Kier molecular flexibility index (Phi) is 3.95. The molecule has 0 aromatic carbocycles. The lowest BCUT2D eigenvalue weighted by molar-refractivity contribution is -0.122. The Morgan fingerprint density at radius 2 is 1.94 bits per heavy atom. The first-order valence-electron chi connectivity index (χ1n) is 5.66. The van der Waals surface area contributed by atoms with Gasteiger partial charge in [-0.2, -0.15) is 9.97 Å². The summed E-state index contributed by atoms with van der Waals surface area (Å²) in [5.74, 6) is 0.629. The first-order chi connectivity index (χ1) is 8.17. The minimum absolute atomic E-state index is 0.0703. The van der Waals surface area contributed by atoms with Crippen molar-refractivity contribution in [2.75, 3.05) is 16.8 Å². The number of hydrogen-bond acceptors (Lipinski definition) is 6. The van der Waals surface area contributed by atoms with Gasteiger partial charge in [-0.3, -0.25) is 4.79 Å². The highest BCUT2D eigenvalue weighted by atomic mass is 16.2. The predicted octanol–water partition coefficient (Wildman–Crippen LogP) is 0.356. The number of hydrogen-bond donors (Lipinski definition) is 4. The molecule has 0 radical (unpaired) electrons. The van der Waals surface area contributed by atoms with Gasteiger partial charge in [0, 0.05) is 11.6 Å². The lowest BCUT2D eigenvalue weighted by atomic mass is 10.1. The predicted molar refractivity (Wildman–Crippen MR) is 71.8 cm³/mol. The quantitative estimate of drug-likeness (QED) is 0.616. The van der Waals surface area contributed by atoms with Gasteiger partial charge in [0.25, 0.3) is 0 Å². The Balaban J connectivity index is 2.69. The van der Waals surface area contributed by atoms with Crippen molar-refractivity contribution in [1.29, 1.82) is 0 Å². The van der Waals surface area contributed by atoms with Crippen LogP contribution in [-0.4, -0.2) is 27.5 Å². The van der Waals surface area contributed by atoms with Gasteiger partial charge < -0.3 is 22.1 Å². The van der Waals surface area contributed by atoms with Crippen LogP contribution in [0.2, 0.25) is 0 Å². The van der Waals surface area contributed by atoms with E-state index >= 15 is 0 Å². The fourth-order valence-corrected chi connectivity index (χ4v) is 1.32. The van der Waals surface area contributed by atoms with Crippen LogP contribution in [0, 0.1) is 0 Å². The van der Waals surface area contributed by atoms with E-state index < -0.39 is 6.04 Å². The molecule has 0 aliphatic carbocycles. The first-order valence-corrected chi connectivity index (χ1v) is 5.66. The standard InChI is InChI=1S/C11H20N6O/c1-6(9(18)17-11(2,3)4)14-8-5-7(12)15-10(13)16-8/h5-6H,1-4H3,(H,17,18)(H5,12,13,14,15,16). The van der Waals surface area contributed by atoms with Gasteiger partial charge in [-0.05, 0) is 27.7 Å². The zero-order valence-corrected chi connectivity index (χ0v) is 11.1. The minimum Gasteiger partial charge on any atom is -0.383 e. The van der Waals surface area contributed by atoms with E-state index in [4.69, 9.17) is 11.5 Å². The summed E-state index contributed by atoms with van der Waals surface area (Å²) in [6.07, 6.45) is 0. The van der Waals surface area contributed by atoms with E-state index in [1.807, 2.05) is 20.8 Å². The second kappa shape index (κ2) is 5.07. The SMILES string of the molecule is CC(Nc1cc(N)nc(N)n1)C(=O)NC(C)(C)C. The van der Waals surface area contributed by atoms with Gasteiger partial charge in [0.05, 0.1) is 0 Å². The summed E-state index contributed by atoms with van der Waals surface area (Å²) in [5.41, 5.74) is 10.7. The van der Waals surface area contributed by atoms with Crippen molar-refractivity contribution in [2.45, 2.75) is 39.3 Å². The van der Waals surface area contributed by atoms with E-state index in [1.54, 1.807) is 6.92 Å². The Hall–Kier alpha value is -2.05. The molecule has 0 saturated carbocycles. The van der Waals surface area contributed by atoms with Crippen LogP contribution < -0.4 is 22.1 Å². The summed E-state index contributed by atoms with van der Waals surface area (Å²) in [4.78, 5) is 19.6. The van der Waals surface area contributed by atoms with Crippen molar-refractivity contribution in [3.63, 3.8) is 0 Å². The fraction of sp³-hybridized carbons (Fsp3) is 0.545. The maximum Gasteiger partial charge on any atom is 0.242 e. The molecular weight excluding hydrogens is 232 g/mol. The molecule has 7 nitrogen and oxygen atoms in total. The lowest BCUT2D eigenvalue weighted by Gasteiger charge is -2.23. The zero-order valence-electron chi connectivity index (χ0n) is 11.1. The zero-order chi connectivity index (χ0) is 13.9. The number of rotatable bonds is 3. The molecule has 0 spiro atoms. The molecule has 1 heterocycles. The second-order valence-electron chi connectivity index (χ2n) is 5.14. The molecule has 1 amide bonds. The van der Waals surface area contributed by atoms with Crippen LogP contribution >= 0.6 is 0 Å². The number of amides is 1. The molecule has 100 valence electrons. The van der Waals surface area contributed by atoms with E-state index in [9.17, 15) is 4.79 Å². The molecule has 6 N–H and O–H groups in total. The molecule has 1 rings (SSSR count). The van der Waals surface area contributed by atoms with E-state index in [1.165, 1.54) is 6.07 Å². The highest BCUT2D eigenvalue weighted by Crippen LogP contribution is 2.11. The van der Waals surface area contributed by atoms with Crippen molar-refractivity contribution in [2.24, 2.45) is 0 Å². The van der Waals surface area contributed by atoms with Crippen molar-refractivity contribution >= 4 is 23.5 Å². The Bertz CT molecular complexity index is 419. The third-order valence-electron chi connectivity index (χ3n) is 2.02. The largest absolute Gasteiger partial charge is 0.383 e. The summed E-state index contributed by atoms with van der Waals surface area (Å²) in [6, 6.07) is 1.08. The van der Waals surface area contributed by atoms with Gasteiger partial charge in [-0.15, -0.1) is 0 Å². The number of carbonyl (C=O) groups excluding carboxylic acids is 1. The van der Waals surface area contributed by atoms with Gasteiger partial charge >= 0.3 is 0 Å². The molecule has 7 heteroatoms. The highest BCUT2D eigenvalue weighted by molar-refractivity contribution is 5.84. The van der Waals surface area contributed by atoms with Crippen molar-refractivity contribution in [1.82, 2.24) is 15.3 Å². The molecule has 1 aromatic heterocycles. The third-order valence-corrected chi connectivity index (χ3v) is 2.02. The van der Waals surface area contributed by atoms with Crippen molar-refractivity contribution in [3.05, 3.63) is 6.07 Å². The molecule has 18 heavy (non-hydrogen) atoms. The van der Waals surface area contributed by atoms with Crippen molar-refractivity contribution in [3.8, 4) is 0 Å². The summed E-state index contributed by atoms with van der Waals surface area (Å²) >= 11 is 0. The summed E-state index contributed by atoms with van der Waals surface area (Å²) in [5, 5.41) is 5.78. The Morgan fingerprint density at radius 1 is 1.33 bits per heavy atom. The monoisotopic (exact) mass is 252 g/mol. The van der Waals surface area contributed by atoms with Crippen LogP contribution in [0.15, 0.2) is 6.07 Å². The van der Waals surface area contributed by atoms with Crippen LogP contribution in [0.3, 0.4) is 0 Å². The number of nitrogens with zero attached hydrogens (tertiary/aromatic N) is 2. The number of carbonyl (C=O) groups is 1. The molecule has 0 aliphatic rings. The third kappa shape index (κ3) is 4.44. The van der Waals surface area contributed by atoms with Gasteiger partial charge in [-0.1, -0.05) is 0 Å². The molecule has 1 unspecified atom stereocenters. The van der Waals surface area contributed by atoms with E-state index in [0.29, 0.717) is 5.82 Å². The van der Waals surface area contributed by atoms with Gasteiger partial charge in [0.1, 0.15) is 17.7 Å². The molecule has 1 aromatic rings. The molecule has 0 fully saturated rings. The van der Waals surface area contributed by atoms with Crippen LogP contribution in [-0.2, 0) is 4.79 Å². The van der Waals surface area contributed by atoms with Crippen LogP contribution in [0.4, 0.5) is 17.6 Å². The van der Waals surface area contributed by atoms with Gasteiger partial charge in [0.2, 0.25) is 11.9 Å². The number of aromatic nitrogens is 2. The summed E-state index contributed by atoms with van der Waals surface area (Å²) in [6.45, 7) is 7.48. The maximum absolute atomic E-state index is 11.9. The molecule has 0 aliphatic heterocycles. The fourth-order valence-electron chi connectivity index (χ4n) is 1.32. The molecule has 0 saturated heterocycles. The number of nitrogen functional groups attached to an aromatic ring is 2. The van der Waals surface area contributed by atoms with Crippen LogP contribution in [0.1, 0.15) is 27.7 Å². The topological polar surface area (TPSA) is 119 Å². The Labute approximate surface area is 106 Å². The number of nitrogens with two attached hydrogens (primary N) is 2. The number of anilines is 3. The lowest BCUT2D eigenvalue weighted by Crippen LogP contribution is -2.47. The van der Waals surface area contributed by atoms with Crippen molar-refractivity contribution < 1.29 is 4.79 Å². The minimum atomic E-state index is -0.446.